The number of fused-ring (bicyclic) bond motifs is 1. The molecule has 0 saturated heterocycles. The molecule has 3 N–H and O–H groups in total. The van der Waals surface area contributed by atoms with Crippen molar-refractivity contribution in [1.82, 2.24) is 20.3 Å². The molecule has 3 amide bonds. The summed E-state index contributed by atoms with van der Waals surface area (Å²) in [5.41, 5.74) is 1.30. The Morgan fingerprint density at radius 2 is 2.13 bits per heavy atom. The molecule has 0 bridgehead atoms. The topological polar surface area (TPSA) is 117 Å². The van der Waals surface area contributed by atoms with Crippen molar-refractivity contribution in [2.45, 2.75) is 43.5 Å². The number of hydrogen-bond acceptors (Lipinski definition) is 6. The number of hydrogen-bond donors (Lipinski definition) is 3. The van der Waals surface area contributed by atoms with Crippen LogP contribution in [0.1, 0.15) is 37.3 Å². The van der Waals surface area contributed by atoms with Crippen molar-refractivity contribution in [2.75, 3.05) is 20.2 Å². The molecule has 9 nitrogen and oxygen atoms in total. The number of carbonyl (C=O) groups is 2. The van der Waals surface area contributed by atoms with Crippen LogP contribution < -0.4 is 20.1 Å². The molecule has 0 radical (unpaired) electrons. The highest BCUT2D eigenvalue weighted by molar-refractivity contribution is 7.91. The van der Waals surface area contributed by atoms with Crippen LogP contribution in [0, 0.1) is 0 Å². The summed E-state index contributed by atoms with van der Waals surface area (Å²) in [6.07, 6.45) is 4.07. The van der Waals surface area contributed by atoms with Crippen molar-refractivity contribution in [3.05, 3.63) is 35.4 Å². The van der Waals surface area contributed by atoms with Crippen LogP contribution in [0.5, 0.6) is 5.75 Å². The Morgan fingerprint density at radius 3 is 2.74 bits per heavy atom. The third kappa shape index (κ3) is 4.82. The van der Waals surface area contributed by atoms with Gasteiger partial charge in [0.2, 0.25) is 0 Å². The average Bonchev–Trinajstić information content (AvgIpc) is 3.17. The predicted molar refractivity (Wildman–Crippen MR) is 119 cm³/mol. The summed E-state index contributed by atoms with van der Waals surface area (Å²) in [4.78, 5) is 25.5. The SMILES string of the molecule is CCc1cc2c(cc1S(=O)(=O)NC(=S)NC)C(C(C)NC(=O)N1CC=CC1=O)CCO2. The zero-order valence-corrected chi connectivity index (χ0v) is 19.2. The molecular formula is C20H26N4O5S2. The first kappa shape index (κ1) is 23.0. The molecule has 0 fully saturated rings. The van der Waals surface area contributed by atoms with E-state index in [0.717, 1.165) is 4.90 Å². The quantitative estimate of drug-likeness (QED) is 0.562. The van der Waals surface area contributed by atoms with E-state index in [1.54, 1.807) is 18.2 Å². The van der Waals surface area contributed by atoms with Crippen molar-refractivity contribution in [3.8, 4) is 5.75 Å². The van der Waals surface area contributed by atoms with Crippen LogP contribution in [0.25, 0.3) is 0 Å². The zero-order chi connectivity index (χ0) is 22.8. The van der Waals surface area contributed by atoms with E-state index >= 15 is 0 Å². The van der Waals surface area contributed by atoms with Crippen molar-refractivity contribution in [2.24, 2.45) is 0 Å². The van der Waals surface area contributed by atoms with Crippen molar-refractivity contribution < 1.29 is 22.7 Å². The molecule has 2 atom stereocenters. The molecule has 0 aromatic heterocycles. The summed E-state index contributed by atoms with van der Waals surface area (Å²) >= 11 is 4.97. The number of amides is 3. The monoisotopic (exact) mass is 466 g/mol. The fourth-order valence-electron chi connectivity index (χ4n) is 3.75. The Kier molecular flexibility index (Phi) is 6.85. The van der Waals surface area contributed by atoms with Crippen molar-refractivity contribution >= 4 is 39.3 Å². The van der Waals surface area contributed by atoms with Crippen molar-refractivity contribution in [1.29, 1.82) is 0 Å². The Labute approximate surface area is 187 Å². The second kappa shape index (κ2) is 9.23. The fourth-order valence-corrected chi connectivity index (χ4v) is 5.37. The normalized spacial score (nSPS) is 18.7. The minimum atomic E-state index is -3.90. The van der Waals surface area contributed by atoms with Gasteiger partial charge in [-0.2, -0.15) is 0 Å². The Morgan fingerprint density at radius 1 is 1.39 bits per heavy atom. The van der Waals surface area contributed by atoms with Crippen molar-refractivity contribution in [3.63, 3.8) is 0 Å². The molecule has 168 valence electrons. The van der Waals surface area contributed by atoms with Gasteiger partial charge in [0, 0.05) is 37.2 Å². The second-order valence-corrected chi connectivity index (χ2v) is 9.43. The number of imide groups is 1. The number of benzene rings is 1. The van der Waals surface area contributed by atoms with E-state index in [1.807, 2.05) is 13.8 Å². The lowest BCUT2D eigenvalue weighted by atomic mass is 9.86. The van der Waals surface area contributed by atoms with Crippen LogP contribution in [-0.4, -0.2) is 56.6 Å². The number of urea groups is 1. The van der Waals surface area contributed by atoms with Gasteiger partial charge < -0.3 is 15.4 Å². The Bertz CT molecular complexity index is 1040. The van der Waals surface area contributed by atoms with Gasteiger partial charge in [-0.05, 0) is 49.7 Å². The highest BCUT2D eigenvalue weighted by atomic mass is 32.2. The number of rotatable bonds is 5. The van der Waals surface area contributed by atoms with E-state index in [1.165, 1.54) is 13.1 Å². The third-order valence-electron chi connectivity index (χ3n) is 5.42. The lowest BCUT2D eigenvalue weighted by molar-refractivity contribution is -0.122. The number of sulfonamides is 1. The smallest absolute Gasteiger partial charge is 0.324 e. The first-order valence-corrected chi connectivity index (χ1v) is 11.9. The Hall–Kier alpha value is -2.66. The minimum Gasteiger partial charge on any atom is -0.493 e. The number of thiocarbonyl (C=S) groups is 1. The molecule has 0 saturated carbocycles. The van der Waals surface area contributed by atoms with Gasteiger partial charge in [0.05, 0.1) is 11.5 Å². The maximum absolute atomic E-state index is 12.9. The van der Waals surface area contributed by atoms with Crippen LogP contribution in [0.3, 0.4) is 0 Å². The molecule has 11 heteroatoms. The standard InChI is InChI=1S/C20H26N4O5S2/c1-4-13-10-16-15(11-17(13)31(27,28)23-19(30)21-3)14(7-9-29-16)12(2)22-20(26)24-8-5-6-18(24)25/h5-6,10-12,14H,4,7-9H2,1-3H3,(H,22,26)(H2,21,23,30). The van der Waals surface area contributed by atoms with E-state index in [4.69, 9.17) is 17.0 Å². The largest absolute Gasteiger partial charge is 0.493 e. The predicted octanol–water partition coefficient (Wildman–Crippen LogP) is 1.39. The van der Waals surface area contributed by atoms with E-state index in [-0.39, 0.29) is 34.4 Å². The number of nitrogens with zero attached hydrogens (tertiary/aromatic N) is 1. The van der Waals surface area contributed by atoms with Gasteiger partial charge in [0.1, 0.15) is 5.75 Å². The molecule has 2 aliphatic heterocycles. The number of carbonyl (C=O) groups excluding carboxylic acids is 2. The van der Waals surface area contributed by atoms with Gasteiger partial charge in [-0.15, -0.1) is 0 Å². The average molecular weight is 467 g/mol. The van der Waals surface area contributed by atoms with Crippen LogP contribution in [0.15, 0.2) is 29.2 Å². The number of ether oxygens (including phenoxy) is 1. The van der Waals surface area contributed by atoms with Crippen LogP contribution in [0.4, 0.5) is 4.79 Å². The van der Waals surface area contributed by atoms with E-state index in [0.29, 0.717) is 36.3 Å². The first-order chi connectivity index (χ1) is 14.7. The van der Waals surface area contributed by atoms with Crippen LogP contribution in [0.2, 0.25) is 0 Å². The molecular weight excluding hydrogens is 440 g/mol. The summed E-state index contributed by atoms with van der Waals surface area (Å²) in [5, 5.41) is 5.46. The summed E-state index contributed by atoms with van der Waals surface area (Å²) in [6.45, 7) is 4.38. The summed E-state index contributed by atoms with van der Waals surface area (Å²) in [7, 11) is -2.36. The number of aryl methyl sites for hydroxylation is 1. The van der Waals surface area contributed by atoms with E-state index < -0.39 is 16.1 Å². The van der Waals surface area contributed by atoms with Gasteiger partial charge >= 0.3 is 6.03 Å². The molecule has 2 aliphatic rings. The molecule has 1 aromatic rings. The van der Waals surface area contributed by atoms with Crippen LogP contribution in [-0.2, 0) is 21.2 Å². The minimum absolute atomic E-state index is 0.00269. The van der Waals surface area contributed by atoms with E-state index in [9.17, 15) is 18.0 Å². The highest BCUT2D eigenvalue weighted by Crippen LogP contribution is 2.39. The lowest BCUT2D eigenvalue weighted by Gasteiger charge is -2.32. The molecule has 2 heterocycles. The third-order valence-corrected chi connectivity index (χ3v) is 7.28. The van der Waals surface area contributed by atoms with Gasteiger partial charge in [-0.3, -0.25) is 14.4 Å². The van der Waals surface area contributed by atoms with Gasteiger partial charge in [-0.1, -0.05) is 13.0 Å². The molecule has 31 heavy (non-hydrogen) atoms. The summed E-state index contributed by atoms with van der Waals surface area (Å²) in [6, 6.07) is 2.51. The molecule has 1 aromatic carbocycles. The zero-order valence-electron chi connectivity index (χ0n) is 17.6. The Balaban J connectivity index is 1.91. The van der Waals surface area contributed by atoms with Gasteiger partial charge in [0.25, 0.3) is 15.9 Å². The molecule has 3 rings (SSSR count). The number of nitrogens with one attached hydrogen (secondary N) is 3. The van der Waals surface area contributed by atoms with Crippen LogP contribution >= 0.6 is 12.2 Å². The van der Waals surface area contributed by atoms with E-state index in [2.05, 4.69) is 15.4 Å². The highest BCUT2D eigenvalue weighted by Gasteiger charge is 2.32. The molecule has 2 unspecified atom stereocenters. The van der Waals surface area contributed by atoms with Gasteiger partial charge in [0.15, 0.2) is 5.11 Å². The summed E-state index contributed by atoms with van der Waals surface area (Å²) in [5.74, 6) is 0.0577. The summed E-state index contributed by atoms with van der Waals surface area (Å²) < 4.78 is 34.0. The maximum Gasteiger partial charge on any atom is 0.324 e. The van der Waals surface area contributed by atoms with Gasteiger partial charge in [-0.25, -0.2) is 13.2 Å². The fraction of sp³-hybridized carbons (Fsp3) is 0.450. The first-order valence-electron chi connectivity index (χ1n) is 10.0. The molecule has 0 aliphatic carbocycles. The maximum atomic E-state index is 12.9. The second-order valence-electron chi connectivity index (χ2n) is 7.37. The lowest BCUT2D eigenvalue weighted by Crippen LogP contribution is -2.47. The molecule has 0 spiro atoms.